The van der Waals surface area contributed by atoms with Gasteiger partial charge in [0, 0.05) is 22.6 Å². The average molecular weight is 602 g/mol. The maximum Gasteiger partial charge on any atom is 0.238 e. The van der Waals surface area contributed by atoms with E-state index in [0.717, 1.165) is 17.6 Å². The van der Waals surface area contributed by atoms with E-state index in [4.69, 9.17) is 4.74 Å². The number of carbonyl (C=O) groups excluding carboxylic acids is 4. The number of benzene rings is 2. The van der Waals surface area contributed by atoms with Crippen molar-refractivity contribution < 1.29 is 29.0 Å². The van der Waals surface area contributed by atoms with Gasteiger partial charge in [-0.25, -0.2) is 0 Å². The predicted molar refractivity (Wildman–Crippen MR) is 152 cm³/mol. The molecule has 1 saturated heterocycles. The molecule has 7 nitrogen and oxygen atoms in total. The van der Waals surface area contributed by atoms with Crippen LogP contribution >= 0.6 is 15.9 Å². The van der Waals surface area contributed by atoms with E-state index in [1.54, 1.807) is 19.1 Å². The lowest BCUT2D eigenvalue weighted by molar-refractivity contribution is -0.123. The van der Waals surface area contributed by atoms with Crippen LogP contribution in [0.25, 0.3) is 0 Å². The first-order chi connectivity index (χ1) is 19.2. The number of aryl methyl sites for hydroxylation is 1. The molecule has 0 spiro atoms. The van der Waals surface area contributed by atoms with Crippen molar-refractivity contribution in [2.45, 2.75) is 39.0 Å². The fraction of sp³-hybridized carbons (Fsp3) is 0.312. The lowest BCUT2D eigenvalue weighted by atomic mass is 9.59. The fourth-order valence-electron chi connectivity index (χ4n) is 6.79. The molecule has 0 aromatic heterocycles. The molecule has 2 amide bonds. The molecular formula is C32H28BrNO6. The smallest absolute Gasteiger partial charge is 0.238 e. The number of phenols is 1. The first-order valence-electron chi connectivity index (χ1n) is 13.4. The second-order valence-electron chi connectivity index (χ2n) is 10.8. The van der Waals surface area contributed by atoms with Gasteiger partial charge in [0.05, 0.1) is 29.1 Å². The van der Waals surface area contributed by atoms with Gasteiger partial charge in [-0.15, -0.1) is 0 Å². The molecule has 3 aliphatic carbocycles. The number of allylic oxidation sites excluding steroid dienone is 6. The van der Waals surface area contributed by atoms with Crippen molar-refractivity contribution in [3.05, 3.63) is 86.4 Å². The van der Waals surface area contributed by atoms with Gasteiger partial charge in [0.25, 0.3) is 0 Å². The van der Waals surface area contributed by atoms with Gasteiger partial charge in [-0.1, -0.05) is 30.7 Å². The number of hydrogen-bond donors (Lipinski definition) is 1. The molecule has 204 valence electrons. The highest BCUT2D eigenvalue weighted by atomic mass is 79.9. The minimum absolute atomic E-state index is 0.0751. The molecule has 6 rings (SSSR count). The normalized spacial score (nSPS) is 25.9. The minimum atomic E-state index is -0.646. The third-order valence-electron chi connectivity index (χ3n) is 8.77. The molecule has 0 saturated carbocycles. The molecule has 8 heteroatoms. The van der Waals surface area contributed by atoms with Crippen LogP contribution in [0.4, 0.5) is 5.69 Å². The van der Waals surface area contributed by atoms with Crippen LogP contribution in [0.3, 0.4) is 0 Å². The van der Waals surface area contributed by atoms with Crippen molar-refractivity contribution in [2.75, 3.05) is 12.0 Å². The first kappa shape index (κ1) is 26.4. The first-order valence-corrected chi connectivity index (χ1v) is 14.2. The highest BCUT2D eigenvalue weighted by Gasteiger charge is 2.56. The molecule has 1 aliphatic heterocycles. The maximum absolute atomic E-state index is 14.0. The third kappa shape index (κ3) is 3.84. The number of ether oxygens (including phenoxy) is 1. The highest BCUT2D eigenvalue weighted by Crippen LogP contribution is 2.56. The summed E-state index contributed by atoms with van der Waals surface area (Å²) in [4.78, 5) is 55.8. The molecular weight excluding hydrogens is 574 g/mol. The molecule has 4 atom stereocenters. The van der Waals surface area contributed by atoms with Crippen LogP contribution in [0.2, 0.25) is 0 Å². The van der Waals surface area contributed by atoms with Crippen LogP contribution in [0, 0.1) is 17.8 Å². The molecule has 4 unspecified atom stereocenters. The van der Waals surface area contributed by atoms with Crippen molar-refractivity contribution in [1.29, 1.82) is 0 Å². The van der Waals surface area contributed by atoms with Gasteiger partial charge in [0.15, 0.2) is 23.1 Å². The summed E-state index contributed by atoms with van der Waals surface area (Å²) in [6.07, 6.45) is 4.76. The lowest BCUT2D eigenvalue weighted by Crippen LogP contribution is -2.39. The van der Waals surface area contributed by atoms with E-state index in [-0.39, 0.29) is 41.3 Å². The quantitative estimate of drug-likeness (QED) is 0.288. The van der Waals surface area contributed by atoms with E-state index < -0.39 is 23.7 Å². The molecule has 4 aliphatic rings. The molecule has 1 fully saturated rings. The van der Waals surface area contributed by atoms with E-state index in [1.807, 2.05) is 37.3 Å². The molecule has 0 radical (unpaired) electrons. The van der Waals surface area contributed by atoms with E-state index in [1.165, 1.54) is 18.1 Å². The number of amides is 2. The Morgan fingerprint density at radius 2 is 1.77 bits per heavy atom. The van der Waals surface area contributed by atoms with Crippen LogP contribution in [-0.2, 0) is 25.6 Å². The van der Waals surface area contributed by atoms with E-state index in [0.29, 0.717) is 38.9 Å². The Bertz CT molecular complexity index is 1600. The molecule has 0 bridgehead atoms. The van der Waals surface area contributed by atoms with Crippen molar-refractivity contribution in [3.8, 4) is 11.5 Å². The highest BCUT2D eigenvalue weighted by molar-refractivity contribution is 9.10. The van der Waals surface area contributed by atoms with Crippen LogP contribution in [0.15, 0.2) is 75.3 Å². The van der Waals surface area contributed by atoms with Crippen molar-refractivity contribution in [1.82, 2.24) is 0 Å². The number of ketones is 2. The van der Waals surface area contributed by atoms with E-state index >= 15 is 0 Å². The summed E-state index contributed by atoms with van der Waals surface area (Å²) >= 11 is 3.39. The van der Waals surface area contributed by atoms with Crippen LogP contribution in [-0.4, -0.2) is 35.6 Å². The topological polar surface area (TPSA) is 101 Å². The van der Waals surface area contributed by atoms with Crippen molar-refractivity contribution in [2.24, 2.45) is 17.8 Å². The molecule has 2 aromatic carbocycles. The number of fused-ring (bicyclic) bond motifs is 3. The number of nitrogens with zero attached hydrogens (tertiary/aromatic N) is 1. The summed E-state index contributed by atoms with van der Waals surface area (Å²) < 4.78 is 5.78. The SMILES string of the molecule is CCc1ccc(N2C(=O)C3CC=C4C(c5cc(Br)c(O)c(OC)c5)C5=C(CC4C3C2=O)C(=O)C=C(C)C5=O)cc1. The summed E-state index contributed by atoms with van der Waals surface area (Å²) in [6.45, 7) is 3.67. The molecule has 2 aromatic rings. The van der Waals surface area contributed by atoms with Gasteiger partial charge in [0.2, 0.25) is 11.8 Å². The second-order valence-corrected chi connectivity index (χ2v) is 11.7. The Morgan fingerprint density at radius 3 is 2.45 bits per heavy atom. The van der Waals surface area contributed by atoms with Crippen molar-refractivity contribution >= 4 is 45.0 Å². The number of hydrogen-bond acceptors (Lipinski definition) is 6. The number of aromatic hydroxyl groups is 1. The van der Waals surface area contributed by atoms with Gasteiger partial charge in [-0.05, 0) is 89.5 Å². The zero-order chi connectivity index (χ0) is 28.5. The number of halogens is 1. The van der Waals surface area contributed by atoms with Gasteiger partial charge < -0.3 is 9.84 Å². The Balaban J connectivity index is 1.49. The number of carbonyl (C=O) groups is 4. The average Bonchev–Trinajstić information content (AvgIpc) is 3.21. The van der Waals surface area contributed by atoms with E-state index in [9.17, 15) is 24.3 Å². The lowest BCUT2D eigenvalue weighted by Gasteiger charge is -2.42. The number of Topliss-reactive ketones (excluding diaryl/α,β-unsaturated/α-hetero) is 1. The fourth-order valence-corrected chi connectivity index (χ4v) is 7.25. The number of methoxy groups -OCH3 is 1. The van der Waals surface area contributed by atoms with Gasteiger partial charge >= 0.3 is 0 Å². The summed E-state index contributed by atoms with van der Waals surface area (Å²) in [7, 11) is 1.44. The third-order valence-corrected chi connectivity index (χ3v) is 9.38. The Morgan fingerprint density at radius 1 is 1.05 bits per heavy atom. The maximum atomic E-state index is 14.0. The monoisotopic (exact) mass is 601 g/mol. The summed E-state index contributed by atoms with van der Waals surface area (Å²) in [5.74, 6) is -3.06. The van der Waals surface area contributed by atoms with Gasteiger partial charge in [-0.2, -0.15) is 0 Å². The number of rotatable bonds is 4. The molecule has 1 N–H and O–H groups in total. The zero-order valence-electron chi connectivity index (χ0n) is 22.4. The zero-order valence-corrected chi connectivity index (χ0v) is 23.9. The Hall–Kier alpha value is -3.78. The van der Waals surface area contributed by atoms with Gasteiger partial charge in [-0.3, -0.25) is 24.1 Å². The number of imide groups is 1. The summed E-state index contributed by atoms with van der Waals surface area (Å²) in [6, 6.07) is 10.8. The number of anilines is 1. The van der Waals surface area contributed by atoms with Crippen molar-refractivity contribution in [3.63, 3.8) is 0 Å². The van der Waals surface area contributed by atoms with Crippen LogP contribution < -0.4 is 9.64 Å². The summed E-state index contributed by atoms with van der Waals surface area (Å²) in [5, 5.41) is 10.5. The Kier molecular flexibility index (Phi) is 6.41. The van der Waals surface area contributed by atoms with Gasteiger partial charge in [0.1, 0.15) is 0 Å². The van der Waals surface area contributed by atoms with Crippen LogP contribution in [0.1, 0.15) is 43.7 Å². The predicted octanol–water partition coefficient (Wildman–Crippen LogP) is 5.36. The van der Waals surface area contributed by atoms with Crippen LogP contribution in [0.5, 0.6) is 11.5 Å². The standard InChI is InChI=1S/C32H28BrNO6/c1-4-16-5-7-18(8-6-16)34-31(38)20-10-9-19-21(27(20)32(34)39)14-22-24(35)11-15(2)29(36)28(22)26(19)17-12-23(33)30(37)25(13-17)40-3/h5-9,11-13,20-21,26-27,37H,4,10,14H2,1-3H3. The second kappa shape index (κ2) is 9.70. The number of phenolic OH excluding ortho intramolecular Hbond substituents is 1. The Labute approximate surface area is 240 Å². The minimum Gasteiger partial charge on any atom is -0.503 e. The largest absolute Gasteiger partial charge is 0.503 e. The van der Waals surface area contributed by atoms with E-state index in [2.05, 4.69) is 15.9 Å². The summed E-state index contributed by atoms with van der Waals surface area (Å²) in [5.41, 5.74) is 4.30. The molecule has 1 heterocycles. The molecule has 40 heavy (non-hydrogen) atoms.